The Kier molecular flexibility index (Phi) is 5.90. The van der Waals surface area contributed by atoms with Crippen LogP contribution in [0, 0.1) is 0 Å². The van der Waals surface area contributed by atoms with Crippen molar-refractivity contribution >= 4 is 34.7 Å². The van der Waals surface area contributed by atoms with Crippen LogP contribution in [0.5, 0.6) is 17.2 Å². The Morgan fingerprint density at radius 2 is 2.03 bits per heavy atom. The zero-order valence-electron chi connectivity index (χ0n) is 18.5. The Labute approximate surface area is 195 Å². The number of anilines is 1. The molecule has 1 atom stereocenters. The Balaban J connectivity index is 1.20. The standard InChI is InChI=1S/C25H23N3O6/c1-31-18-4-5-21-20(13-18)16(8-9-26-21)2-7-24(29)27-14-19-15-28(25(30)34-19)17-3-6-22-23(12-17)33-11-10-32-22/h2-9,12-13,19H,10-11,14-15H2,1H3,(H,27,29)/b7-2+/t19-/m0/s1. The lowest BCUT2D eigenvalue weighted by atomic mass is 10.1. The topological polar surface area (TPSA) is 99.2 Å². The predicted molar refractivity (Wildman–Crippen MR) is 125 cm³/mol. The maximum atomic E-state index is 12.4. The summed E-state index contributed by atoms with van der Waals surface area (Å²) >= 11 is 0. The third kappa shape index (κ3) is 4.45. The molecule has 2 amide bonds. The number of cyclic esters (lactones) is 1. The molecular formula is C25H23N3O6. The number of carbonyl (C=O) groups excluding carboxylic acids is 2. The Hall–Kier alpha value is -4.27. The van der Waals surface area contributed by atoms with Crippen molar-refractivity contribution < 1.29 is 28.5 Å². The highest BCUT2D eigenvalue weighted by atomic mass is 16.6. The lowest BCUT2D eigenvalue weighted by molar-refractivity contribution is -0.116. The number of rotatable bonds is 6. The number of hydrogen-bond acceptors (Lipinski definition) is 7. The smallest absolute Gasteiger partial charge is 0.414 e. The van der Waals surface area contributed by atoms with Crippen molar-refractivity contribution in [1.29, 1.82) is 0 Å². The first-order valence-corrected chi connectivity index (χ1v) is 10.9. The molecule has 9 heteroatoms. The third-order valence-corrected chi connectivity index (χ3v) is 5.61. The number of nitrogens with zero attached hydrogens (tertiary/aromatic N) is 2. The zero-order valence-corrected chi connectivity index (χ0v) is 18.5. The molecule has 0 bridgehead atoms. The predicted octanol–water partition coefficient (Wildman–Crippen LogP) is 3.17. The summed E-state index contributed by atoms with van der Waals surface area (Å²) in [4.78, 5) is 30.6. The number of pyridine rings is 1. The number of fused-ring (bicyclic) bond motifs is 2. The van der Waals surface area contributed by atoms with Gasteiger partial charge in [0.25, 0.3) is 0 Å². The number of amides is 2. The molecule has 1 saturated heterocycles. The van der Waals surface area contributed by atoms with Crippen LogP contribution in [-0.2, 0) is 9.53 Å². The van der Waals surface area contributed by atoms with Gasteiger partial charge in [-0.15, -0.1) is 0 Å². The van der Waals surface area contributed by atoms with Gasteiger partial charge in [0.05, 0.1) is 31.4 Å². The third-order valence-electron chi connectivity index (χ3n) is 5.61. The fraction of sp³-hybridized carbons (Fsp3) is 0.240. The largest absolute Gasteiger partial charge is 0.497 e. The van der Waals surface area contributed by atoms with Crippen LogP contribution in [0.25, 0.3) is 17.0 Å². The second kappa shape index (κ2) is 9.30. The molecule has 34 heavy (non-hydrogen) atoms. The minimum absolute atomic E-state index is 0.195. The van der Waals surface area contributed by atoms with E-state index in [1.807, 2.05) is 24.3 Å². The van der Waals surface area contributed by atoms with E-state index in [2.05, 4.69) is 10.3 Å². The maximum absolute atomic E-state index is 12.4. The van der Waals surface area contributed by atoms with Gasteiger partial charge >= 0.3 is 6.09 Å². The van der Waals surface area contributed by atoms with Crippen LogP contribution in [0.4, 0.5) is 10.5 Å². The van der Waals surface area contributed by atoms with Crippen LogP contribution >= 0.6 is 0 Å². The molecule has 2 aromatic carbocycles. The van der Waals surface area contributed by atoms with E-state index in [0.29, 0.717) is 42.7 Å². The van der Waals surface area contributed by atoms with Crippen LogP contribution in [0.3, 0.4) is 0 Å². The number of methoxy groups -OCH3 is 1. The van der Waals surface area contributed by atoms with E-state index in [1.165, 1.54) is 11.0 Å². The van der Waals surface area contributed by atoms with E-state index in [-0.39, 0.29) is 12.5 Å². The van der Waals surface area contributed by atoms with Gasteiger partial charge in [0.2, 0.25) is 5.91 Å². The first-order valence-electron chi connectivity index (χ1n) is 10.9. The number of hydrogen-bond donors (Lipinski definition) is 1. The zero-order chi connectivity index (χ0) is 23.5. The van der Waals surface area contributed by atoms with Crippen LogP contribution in [0.2, 0.25) is 0 Å². The number of nitrogens with one attached hydrogen (secondary N) is 1. The van der Waals surface area contributed by atoms with Gasteiger partial charge in [0.1, 0.15) is 25.1 Å². The van der Waals surface area contributed by atoms with Gasteiger partial charge in [-0.25, -0.2) is 4.79 Å². The molecule has 0 saturated carbocycles. The van der Waals surface area contributed by atoms with Crippen molar-refractivity contribution in [2.24, 2.45) is 0 Å². The van der Waals surface area contributed by atoms with Crippen molar-refractivity contribution in [2.45, 2.75) is 6.10 Å². The summed E-state index contributed by atoms with van der Waals surface area (Å²) in [6, 6.07) is 12.7. The molecule has 0 spiro atoms. The molecule has 1 fully saturated rings. The van der Waals surface area contributed by atoms with Crippen molar-refractivity contribution in [3.63, 3.8) is 0 Å². The van der Waals surface area contributed by atoms with E-state index >= 15 is 0 Å². The lowest BCUT2D eigenvalue weighted by Crippen LogP contribution is -2.33. The van der Waals surface area contributed by atoms with E-state index in [1.54, 1.807) is 37.6 Å². The minimum atomic E-state index is -0.469. The van der Waals surface area contributed by atoms with Gasteiger partial charge in [-0.2, -0.15) is 0 Å². The van der Waals surface area contributed by atoms with Crippen molar-refractivity contribution in [1.82, 2.24) is 10.3 Å². The van der Waals surface area contributed by atoms with E-state index in [9.17, 15) is 9.59 Å². The summed E-state index contributed by atoms with van der Waals surface area (Å²) in [6.45, 7) is 1.48. The maximum Gasteiger partial charge on any atom is 0.414 e. The molecule has 174 valence electrons. The molecule has 5 rings (SSSR count). The van der Waals surface area contributed by atoms with Crippen molar-refractivity contribution in [3.05, 3.63) is 60.3 Å². The first-order chi connectivity index (χ1) is 16.6. The van der Waals surface area contributed by atoms with Gasteiger partial charge < -0.3 is 24.3 Å². The summed E-state index contributed by atoms with van der Waals surface area (Å²) in [6.07, 6.45) is 3.93. The fourth-order valence-corrected chi connectivity index (χ4v) is 3.90. The normalized spacial score (nSPS) is 17.1. The molecule has 3 aromatic rings. The minimum Gasteiger partial charge on any atom is -0.497 e. The highest BCUT2D eigenvalue weighted by molar-refractivity contribution is 5.96. The monoisotopic (exact) mass is 461 g/mol. The Morgan fingerprint density at radius 3 is 2.88 bits per heavy atom. The lowest BCUT2D eigenvalue weighted by Gasteiger charge is -2.21. The number of aromatic nitrogens is 1. The molecule has 2 aliphatic heterocycles. The molecule has 0 aliphatic carbocycles. The van der Waals surface area contributed by atoms with Crippen LogP contribution in [0.1, 0.15) is 5.56 Å². The van der Waals surface area contributed by atoms with Crippen LogP contribution < -0.4 is 24.4 Å². The molecular weight excluding hydrogens is 438 g/mol. The molecule has 0 radical (unpaired) electrons. The number of benzene rings is 2. The first kappa shape index (κ1) is 21.6. The summed E-state index contributed by atoms with van der Waals surface area (Å²) in [5.74, 6) is 1.67. The average Bonchev–Trinajstić information content (AvgIpc) is 3.25. The van der Waals surface area contributed by atoms with Gasteiger partial charge in [-0.1, -0.05) is 0 Å². The van der Waals surface area contributed by atoms with E-state index in [4.69, 9.17) is 18.9 Å². The summed E-state index contributed by atoms with van der Waals surface area (Å²) in [7, 11) is 1.60. The van der Waals surface area contributed by atoms with Crippen molar-refractivity contribution in [2.75, 3.05) is 38.3 Å². The Morgan fingerprint density at radius 1 is 1.18 bits per heavy atom. The number of ether oxygens (including phenoxy) is 4. The summed E-state index contributed by atoms with van der Waals surface area (Å²) in [5, 5.41) is 3.67. The van der Waals surface area contributed by atoms with E-state index in [0.717, 1.165) is 16.5 Å². The molecule has 0 unspecified atom stereocenters. The van der Waals surface area contributed by atoms with E-state index < -0.39 is 12.2 Å². The molecule has 3 heterocycles. The average molecular weight is 461 g/mol. The van der Waals surface area contributed by atoms with Crippen LogP contribution in [0.15, 0.2) is 54.7 Å². The van der Waals surface area contributed by atoms with Gasteiger partial charge in [0, 0.05) is 23.7 Å². The van der Waals surface area contributed by atoms with Crippen LogP contribution in [-0.4, -0.2) is 56.5 Å². The quantitative estimate of drug-likeness (QED) is 0.563. The molecule has 1 N–H and O–H groups in total. The highest BCUT2D eigenvalue weighted by Crippen LogP contribution is 2.35. The van der Waals surface area contributed by atoms with Gasteiger partial charge in [-0.3, -0.25) is 14.7 Å². The molecule has 9 nitrogen and oxygen atoms in total. The van der Waals surface area contributed by atoms with Gasteiger partial charge in [0.15, 0.2) is 11.5 Å². The van der Waals surface area contributed by atoms with Gasteiger partial charge in [-0.05, 0) is 48.0 Å². The Bertz CT molecular complexity index is 1270. The van der Waals surface area contributed by atoms with Crippen molar-refractivity contribution in [3.8, 4) is 17.2 Å². The molecule has 2 aliphatic rings. The summed E-state index contributed by atoms with van der Waals surface area (Å²) < 4.78 is 21.8. The molecule has 1 aromatic heterocycles. The fourth-order valence-electron chi connectivity index (χ4n) is 3.90. The summed E-state index contributed by atoms with van der Waals surface area (Å²) in [5.41, 5.74) is 2.31. The SMILES string of the molecule is COc1ccc2nccc(/C=C/C(=O)NC[C@H]3CN(c4ccc5c(c4)OCCO5)C(=O)O3)c2c1. The second-order valence-electron chi connectivity index (χ2n) is 7.81. The highest BCUT2D eigenvalue weighted by Gasteiger charge is 2.33. The second-order valence-corrected chi connectivity index (χ2v) is 7.81. The number of carbonyl (C=O) groups is 2.